The topological polar surface area (TPSA) is 46.5 Å². The van der Waals surface area contributed by atoms with E-state index >= 15 is 0 Å². The number of rotatable bonds is 3. The van der Waals surface area contributed by atoms with Crippen molar-refractivity contribution in [1.29, 1.82) is 0 Å². The molecule has 2 aromatic rings. The Morgan fingerprint density at radius 2 is 1.68 bits per heavy atom. The zero-order chi connectivity index (χ0) is 20.3. The molecule has 0 bridgehead atoms. The molecule has 1 aromatic heterocycles. The van der Waals surface area contributed by atoms with E-state index in [-0.39, 0.29) is 16.2 Å². The van der Waals surface area contributed by atoms with Gasteiger partial charge < -0.3 is 9.84 Å². The number of aliphatic carboxylic acids is 1. The van der Waals surface area contributed by atoms with E-state index < -0.39 is 5.97 Å². The van der Waals surface area contributed by atoms with E-state index in [4.69, 9.17) is 9.84 Å². The Morgan fingerprint density at radius 1 is 1.04 bits per heavy atom. The molecule has 0 saturated carbocycles. The van der Waals surface area contributed by atoms with Crippen molar-refractivity contribution in [1.82, 2.24) is 0 Å². The summed E-state index contributed by atoms with van der Waals surface area (Å²) in [5.74, 6) is 0.0769. The highest BCUT2D eigenvalue weighted by Gasteiger charge is 2.44. The molecule has 148 valence electrons. The van der Waals surface area contributed by atoms with Crippen LogP contribution in [0, 0.1) is 0 Å². The normalized spacial score (nSPS) is 24.6. The minimum absolute atomic E-state index is 0.161. The van der Waals surface area contributed by atoms with E-state index in [2.05, 4.69) is 52.8 Å². The Balaban J connectivity index is 1.80. The van der Waals surface area contributed by atoms with Crippen molar-refractivity contribution >= 4 is 23.4 Å². The van der Waals surface area contributed by atoms with Crippen LogP contribution in [-0.4, -0.2) is 17.7 Å². The van der Waals surface area contributed by atoms with Gasteiger partial charge in [0.15, 0.2) is 0 Å². The van der Waals surface area contributed by atoms with E-state index in [0.717, 1.165) is 11.3 Å². The van der Waals surface area contributed by atoms with Gasteiger partial charge >= 0.3 is 5.97 Å². The summed E-state index contributed by atoms with van der Waals surface area (Å²) in [5, 5.41) is 10.9. The van der Waals surface area contributed by atoms with E-state index in [1.54, 1.807) is 17.4 Å². The number of thiophene rings is 1. The zero-order valence-corrected chi connectivity index (χ0v) is 18.1. The quantitative estimate of drug-likeness (QED) is 0.658. The fraction of sp³-hybridized carbons (Fsp3) is 0.458. The van der Waals surface area contributed by atoms with Gasteiger partial charge in [0, 0.05) is 16.5 Å². The van der Waals surface area contributed by atoms with Crippen molar-refractivity contribution in [2.24, 2.45) is 0 Å². The maximum Gasteiger partial charge on any atom is 0.328 e. The van der Waals surface area contributed by atoms with Crippen LogP contribution < -0.4 is 4.74 Å². The van der Waals surface area contributed by atoms with Crippen LogP contribution in [0.2, 0.25) is 0 Å². The molecule has 1 atom stereocenters. The molecular formula is C24H28O3S. The average Bonchev–Trinajstić information content (AvgIpc) is 3.23. The Labute approximate surface area is 171 Å². The fourth-order valence-electron chi connectivity index (χ4n) is 4.54. The highest BCUT2D eigenvalue weighted by Crippen LogP contribution is 2.52. The van der Waals surface area contributed by atoms with Crippen molar-refractivity contribution in [2.45, 2.75) is 63.7 Å². The van der Waals surface area contributed by atoms with E-state index in [0.29, 0.717) is 6.61 Å². The first-order chi connectivity index (χ1) is 13.0. The molecule has 1 aromatic carbocycles. The predicted molar refractivity (Wildman–Crippen MR) is 115 cm³/mol. The van der Waals surface area contributed by atoms with Gasteiger partial charge in [0.1, 0.15) is 12.4 Å². The smallest absolute Gasteiger partial charge is 0.328 e. The molecule has 4 rings (SSSR count). The van der Waals surface area contributed by atoms with Gasteiger partial charge in [0.2, 0.25) is 0 Å². The largest absolute Gasteiger partial charge is 0.492 e. The molecular weight excluding hydrogens is 368 g/mol. The standard InChI is InChI=1S/C24H28O3S/c1-22(2)8-9-23(3,4)17-12-19-18(11-16(17)22)24(5,14-27-19)20-10-15(13-28-20)6-7-21(25)26/h6-7,10-13H,8-9,14H2,1-5H3,(H,25,26). The highest BCUT2D eigenvalue weighted by molar-refractivity contribution is 7.10. The van der Waals surface area contributed by atoms with Crippen LogP contribution in [0.25, 0.3) is 6.08 Å². The molecule has 0 radical (unpaired) electrons. The fourth-order valence-corrected chi connectivity index (χ4v) is 5.59. The lowest BCUT2D eigenvalue weighted by Gasteiger charge is -2.42. The molecule has 0 amide bonds. The van der Waals surface area contributed by atoms with Gasteiger partial charge in [-0.05, 0) is 70.9 Å². The summed E-state index contributed by atoms with van der Waals surface area (Å²) in [6, 6.07) is 6.78. The molecule has 0 fully saturated rings. The SMILES string of the molecule is CC1(C)CCC(C)(C)c2cc3c(cc21)OCC3(C)c1cc(C=CC(=O)O)cs1. The lowest BCUT2D eigenvalue weighted by Crippen LogP contribution is -2.34. The summed E-state index contributed by atoms with van der Waals surface area (Å²) >= 11 is 1.67. The maximum absolute atomic E-state index is 10.8. The monoisotopic (exact) mass is 396 g/mol. The number of benzene rings is 1. The molecule has 1 unspecified atom stereocenters. The number of hydrogen-bond donors (Lipinski definition) is 1. The Bertz CT molecular complexity index is 980. The molecule has 2 heterocycles. The minimum atomic E-state index is -0.926. The lowest BCUT2D eigenvalue weighted by atomic mass is 9.62. The van der Waals surface area contributed by atoms with Crippen molar-refractivity contribution in [2.75, 3.05) is 6.61 Å². The molecule has 28 heavy (non-hydrogen) atoms. The first kappa shape index (κ1) is 19.3. The number of ether oxygens (including phenoxy) is 1. The highest BCUT2D eigenvalue weighted by atomic mass is 32.1. The number of hydrogen-bond acceptors (Lipinski definition) is 3. The predicted octanol–water partition coefficient (Wildman–Crippen LogP) is 5.89. The van der Waals surface area contributed by atoms with Gasteiger partial charge in [-0.25, -0.2) is 4.79 Å². The van der Waals surface area contributed by atoms with Gasteiger partial charge in [-0.15, -0.1) is 11.3 Å². The van der Waals surface area contributed by atoms with Gasteiger partial charge in [0.05, 0.1) is 5.41 Å². The van der Waals surface area contributed by atoms with Crippen LogP contribution in [0.15, 0.2) is 29.7 Å². The molecule has 0 saturated heterocycles. The molecule has 1 N–H and O–H groups in total. The average molecular weight is 397 g/mol. The number of carboxylic acids is 1. The Morgan fingerprint density at radius 3 is 2.32 bits per heavy atom. The van der Waals surface area contributed by atoms with Gasteiger partial charge in [-0.3, -0.25) is 0 Å². The van der Waals surface area contributed by atoms with Gasteiger partial charge in [-0.2, -0.15) is 0 Å². The third-order valence-electron chi connectivity index (χ3n) is 6.65. The van der Waals surface area contributed by atoms with E-state index in [9.17, 15) is 4.79 Å². The summed E-state index contributed by atoms with van der Waals surface area (Å²) in [6.45, 7) is 12.2. The summed E-state index contributed by atoms with van der Waals surface area (Å²) in [7, 11) is 0. The van der Waals surface area contributed by atoms with Crippen LogP contribution in [0.1, 0.15) is 74.6 Å². The van der Waals surface area contributed by atoms with Crippen molar-refractivity contribution in [3.8, 4) is 5.75 Å². The molecule has 1 aliphatic heterocycles. The van der Waals surface area contributed by atoms with Crippen LogP contribution >= 0.6 is 11.3 Å². The van der Waals surface area contributed by atoms with E-state index in [1.165, 1.54) is 40.5 Å². The Kier molecular flexibility index (Phi) is 4.27. The second-order valence-corrected chi connectivity index (χ2v) is 10.6. The van der Waals surface area contributed by atoms with Crippen molar-refractivity contribution in [3.63, 3.8) is 0 Å². The molecule has 1 aliphatic carbocycles. The first-order valence-electron chi connectivity index (χ1n) is 9.85. The van der Waals surface area contributed by atoms with Gasteiger partial charge in [0.25, 0.3) is 0 Å². The zero-order valence-electron chi connectivity index (χ0n) is 17.3. The van der Waals surface area contributed by atoms with Crippen molar-refractivity contribution in [3.05, 3.63) is 56.8 Å². The second kappa shape index (κ2) is 6.21. The third kappa shape index (κ3) is 2.98. The molecule has 3 nitrogen and oxygen atoms in total. The number of fused-ring (bicyclic) bond motifs is 2. The second-order valence-electron chi connectivity index (χ2n) is 9.70. The summed E-state index contributed by atoms with van der Waals surface area (Å²) in [5.41, 5.74) is 5.17. The molecule has 2 aliphatic rings. The summed E-state index contributed by atoms with van der Waals surface area (Å²) < 4.78 is 6.20. The van der Waals surface area contributed by atoms with Crippen LogP contribution in [-0.2, 0) is 21.0 Å². The van der Waals surface area contributed by atoms with Crippen LogP contribution in [0.5, 0.6) is 5.75 Å². The van der Waals surface area contributed by atoms with Crippen molar-refractivity contribution < 1.29 is 14.6 Å². The third-order valence-corrected chi connectivity index (χ3v) is 7.86. The van der Waals surface area contributed by atoms with Crippen LogP contribution in [0.3, 0.4) is 0 Å². The lowest BCUT2D eigenvalue weighted by molar-refractivity contribution is -0.131. The number of carbonyl (C=O) groups is 1. The minimum Gasteiger partial charge on any atom is -0.492 e. The van der Waals surface area contributed by atoms with E-state index in [1.807, 2.05) is 5.38 Å². The summed E-state index contributed by atoms with van der Waals surface area (Å²) in [6.07, 6.45) is 5.22. The number of carboxylic acid groups (broad SMARTS) is 1. The van der Waals surface area contributed by atoms with Gasteiger partial charge in [-0.1, -0.05) is 33.8 Å². The van der Waals surface area contributed by atoms with Crippen LogP contribution in [0.4, 0.5) is 0 Å². The molecule has 0 spiro atoms. The first-order valence-corrected chi connectivity index (χ1v) is 10.7. The summed E-state index contributed by atoms with van der Waals surface area (Å²) in [4.78, 5) is 12.0. The maximum atomic E-state index is 10.8. The molecule has 4 heteroatoms. The Hall–Kier alpha value is -2.07.